The standard InChI is InChI=1S/C13H11IN2O.ClH/c14-10-3-1-9(2-4-10)13(17)16-12-7-5-11(15)6-8-12;/h1-8H,15H2,(H,16,17);1H. The molecule has 0 saturated heterocycles. The summed E-state index contributed by atoms with van der Waals surface area (Å²) < 4.78 is 1.10. The molecule has 18 heavy (non-hydrogen) atoms. The molecule has 0 spiro atoms. The van der Waals surface area contributed by atoms with E-state index in [9.17, 15) is 4.79 Å². The van der Waals surface area contributed by atoms with Gasteiger partial charge in [0, 0.05) is 20.5 Å². The number of amides is 1. The van der Waals surface area contributed by atoms with E-state index in [0.717, 1.165) is 9.26 Å². The molecular weight excluding hydrogens is 363 g/mol. The topological polar surface area (TPSA) is 55.1 Å². The van der Waals surface area contributed by atoms with E-state index in [0.29, 0.717) is 11.3 Å². The zero-order chi connectivity index (χ0) is 12.3. The first kappa shape index (κ1) is 14.8. The maximum absolute atomic E-state index is 11.9. The molecule has 0 unspecified atom stereocenters. The third-order valence-electron chi connectivity index (χ3n) is 2.27. The second-order valence-corrected chi connectivity index (χ2v) is 4.83. The number of nitrogens with two attached hydrogens (primary N) is 1. The highest BCUT2D eigenvalue weighted by molar-refractivity contribution is 14.1. The molecule has 94 valence electrons. The quantitative estimate of drug-likeness (QED) is 0.624. The van der Waals surface area contributed by atoms with Crippen LogP contribution >= 0.6 is 35.0 Å². The van der Waals surface area contributed by atoms with Gasteiger partial charge in [0.15, 0.2) is 0 Å². The molecule has 0 bridgehead atoms. The number of rotatable bonds is 2. The van der Waals surface area contributed by atoms with Crippen LogP contribution < -0.4 is 11.1 Å². The first-order chi connectivity index (χ1) is 8.15. The van der Waals surface area contributed by atoms with Gasteiger partial charge in [-0.1, -0.05) is 0 Å². The number of benzene rings is 2. The van der Waals surface area contributed by atoms with Gasteiger partial charge in [-0.3, -0.25) is 4.79 Å². The molecule has 0 saturated carbocycles. The Morgan fingerprint density at radius 3 is 2.11 bits per heavy atom. The van der Waals surface area contributed by atoms with E-state index in [2.05, 4.69) is 27.9 Å². The van der Waals surface area contributed by atoms with E-state index in [-0.39, 0.29) is 18.3 Å². The highest BCUT2D eigenvalue weighted by Gasteiger charge is 2.05. The summed E-state index contributed by atoms with van der Waals surface area (Å²) in [6.07, 6.45) is 0. The second-order valence-electron chi connectivity index (χ2n) is 3.58. The van der Waals surface area contributed by atoms with E-state index >= 15 is 0 Å². The van der Waals surface area contributed by atoms with Crippen molar-refractivity contribution in [3.63, 3.8) is 0 Å². The van der Waals surface area contributed by atoms with Crippen molar-refractivity contribution in [1.82, 2.24) is 0 Å². The summed E-state index contributed by atoms with van der Waals surface area (Å²) in [5.74, 6) is -0.119. The summed E-state index contributed by atoms with van der Waals surface area (Å²) in [5, 5.41) is 2.81. The molecule has 0 aromatic heterocycles. The Labute approximate surface area is 125 Å². The molecule has 2 rings (SSSR count). The number of anilines is 2. The Kier molecular flexibility index (Phi) is 5.43. The van der Waals surface area contributed by atoms with Crippen LogP contribution in [0.3, 0.4) is 0 Å². The zero-order valence-electron chi connectivity index (χ0n) is 9.39. The van der Waals surface area contributed by atoms with Gasteiger partial charge in [0.25, 0.3) is 5.91 Å². The summed E-state index contributed by atoms with van der Waals surface area (Å²) in [7, 11) is 0. The zero-order valence-corrected chi connectivity index (χ0v) is 12.4. The van der Waals surface area contributed by atoms with Gasteiger partial charge in [-0.2, -0.15) is 0 Å². The van der Waals surface area contributed by atoms with Gasteiger partial charge >= 0.3 is 0 Å². The van der Waals surface area contributed by atoms with E-state index in [4.69, 9.17) is 5.73 Å². The number of carbonyl (C=O) groups excluding carboxylic acids is 1. The molecule has 5 heteroatoms. The van der Waals surface area contributed by atoms with Crippen molar-refractivity contribution in [3.05, 3.63) is 57.7 Å². The van der Waals surface area contributed by atoms with Crippen LogP contribution in [0.25, 0.3) is 0 Å². The van der Waals surface area contributed by atoms with Crippen molar-refractivity contribution in [3.8, 4) is 0 Å². The van der Waals surface area contributed by atoms with E-state index in [1.54, 1.807) is 36.4 Å². The van der Waals surface area contributed by atoms with Crippen LogP contribution in [0.15, 0.2) is 48.5 Å². The third kappa shape index (κ3) is 3.89. The first-order valence-corrected chi connectivity index (χ1v) is 6.15. The van der Waals surface area contributed by atoms with Gasteiger partial charge in [-0.25, -0.2) is 0 Å². The predicted molar refractivity (Wildman–Crippen MR) is 85.2 cm³/mol. The summed E-state index contributed by atoms with van der Waals surface area (Å²) in [6, 6.07) is 14.5. The number of nitrogens with one attached hydrogen (secondary N) is 1. The molecule has 0 fully saturated rings. The van der Waals surface area contributed by atoms with Crippen molar-refractivity contribution in [1.29, 1.82) is 0 Å². The predicted octanol–water partition coefficient (Wildman–Crippen LogP) is 3.55. The lowest BCUT2D eigenvalue weighted by atomic mass is 10.2. The van der Waals surface area contributed by atoms with Gasteiger partial charge in [-0.15, -0.1) is 12.4 Å². The van der Waals surface area contributed by atoms with Crippen LogP contribution in [-0.4, -0.2) is 5.91 Å². The first-order valence-electron chi connectivity index (χ1n) is 5.07. The van der Waals surface area contributed by atoms with Crippen LogP contribution in [0.5, 0.6) is 0 Å². The maximum Gasteiger partial charge on any atom is 0.255 e. The average molecular weight is 375 g/mol. The summed E-state index contributed by atoms with van der Waals surface area (Å²) in [4.78, 5) is 11.9. The molecule has 1 amide bonds. The fourth-order valence-corrected chi connectivity index (χ4v) is 1.73. The second kappa shape index (κ2) is 6.61. The van der Waals surface area contributed by atoms with Crippen LogP contribution in [-0.2, 0) is 0 Å². The minimum Gasteiger partial charge on any atom is -0.399 e. The molecule has 0 atom stereocenters. The number of halogens is 2. The van der Waals surface area contributed by atoms with E-state index in [1.807, 2.05) is 12.1 Å². The highest BCUT2D eigenvalue weighted by Crippen LogP contribution is 2.13. The molecular formula is C13H12ClIN2O. The largest absolute Gasteiger partial charge is 0.399 e. The van der Waals surface area contributed by atoms with Crippen LogP contribution in [0, 0.1) is 3.57 Å². The smallest absolute Gasteiger partial charge is 0.255 e. The summed E-state index contributed by atoms with van der Waals surface area (Å²) in [5.41, 5.74) is 7.63. The molecule has 0 radical (unpaired) electrons. The van der Waals surface area contributed by atoms with Crippen LogP contribution in [0.4, 0.5) is 11.4 Å². The van der Waals surface area contributed by atoms with Crippen molar-refractivity contribution >= 4 is 52.3 Å². The fraction of sp³-hybridized carbons (Fsp3) is 0. The lowest BCUT2D eigenvalue weighted by Crippen LogP contribution is -2.11. The van der Waals surface area contributed by atoms with Gasteiger partial charge < -0.3 is 11.1 Å². The molecule has 0 aliphatic carbocycles. The lowest BCUT2D eigenvalue weighted by Gasteiger charge is -2.05. The molecule has 2 aromatic carbocycles. The van der Waals surface area contributed by atoms with Crippen LogP contribution in [0.1, 0.15) is 10.4 Å². The Bertz CT molecular complexity index is 526. The minimum absolute atomic E-state index is 0. The van der Waals surface area contributed by atoms with E-state index in [1.165, 1.54) is 0 Å². The van der Waals surface area contributed by atoms with Gasteiger partial charge in [0.05, 0.1) is 0 Å². The summed E-state index contributed by atoms with van der Waals surface area (Å²) >= 11 is 2.20. The Hall–Kier alpha value is -1.27. The fourth-order valence-electron chi connectivity index (χ4n) is 1.37. The monoisotopic (exact) mass is 374 g/mol. The normalized spacial score (nSPS) is 9.39. The Balaban J connectivity index is 0.00000162. The molecule has 3 N–H and O–H groups in total. The maximum atomic E-state index is 11.9. The molecule has 2 aromatic rings. The van der Waals surface area contributed by atoms with Crippen molar-refractivity contribution in [2.75, 3.05) is 11.1 Å². The summed E-state index contributed by atoms with van der Waals surface area (Å²) in [6.45, 7) is 0. The molecule has 0 heterocycles. The molecule has 3 nitrogen and oxygen atoms in total. The minimum atomic E-state index is -0.119. The van der Waals surface area contributed by atoms with E-state index < -0.39 is 0 Å². The number of carbonyl (C=O) groups is 1. The number of nitrogen functional groups attached to an aromatic ring is 1. The van der Waals surface area contributed by atoms with Crippen LogP contribution in [0.2, 0.25) is 0 Å². The van der Waals surface area contributed by atoms with Gasteiger partial charge in [0.2, 0.25) is 0 Å². The van der Waals surface area contributed by atoms with Crippen molar-refractivity contribution < 1.29 is 4.79 Å². The van der Waals surface area contributed by atoms with Gasteiger partial charge in [0.1, 0.15) is 0 Å². The number of hydrogen-bond donors (Lipinski definition) is 2. The third-order valence-corrected chi connectivity index (χ3v) is 2.99. The van der Waals surface area contributed by atoms with Crippen molar-refractivity contribution in [2.45, 2.75) is 0 Å². The SMILES string of the molecule is Cl.Nc1ccc(NC(=O)c2ccc(I)cc2)cc1. The Morgan fingerprint density at radius 2 is 1.56 bits per heavy atom. The van der Waals surface area contributed by atoms with Crippen molar-refractivity contribution in [2.24, 2.45) is 0 Å². The van der Waals surface area contributed by atoms with Gasteiger partial charge in [-0.05, 0) is 71.1 Å². The molecule has 0 aliphatic heterocycles. The highest BCUT2D eigenvalue weighted by atomic mass is 127. The lowest BCUT2D eigenvalue weighted by molar-refractivity contribution is 0.102. The average Bonchev–Trinajstić information content (AvgIpc) is 2.33. The molecule has 0 aliphatic rings. The number of hydrogen-bond acceptors (Lipinski definition) is 2. The Morgan fingerprint density at radius 1 is 1.00 bits per heavy atom.